The number of anilines is 2. The van der Waals surface area contributed by atoms with Gasteiger partial charge < -0.3 is 16.0 Å². The molecule has 0 bridgehead atoms. The average molecular weight is 326 g/mol. The van der Waals surface area contributed by atoms with Crippen molar-refractivity contribution in [3.05, 3.63) is 4.88 Å². The molecule has 1 atom stereocenters. The predicted octanol–water partition coefficient (Wildman–Crippen LogP) is 2.34. The molecule has 1 aromatic heterocycles. The molecule has 3 heterocycles. The third kappa shape index (κ3) is 3.63. The molecule has 2 aliphatic heterocycles. The molecule has 2 fully saturated rings. The SMILES string of the molecule is Nc1nc(N2CCCCC2)sc1C(=O)NC1CCCSC1. The Bertz CT molecular complexity index is 493. The highest BCUT2D eigenvalue weighted by molar-refractivity contribution is 7.99. The van der Waals surface area contributed by atoms with Crippen molar-refractivity contribution in [2.24, 2.45) is 0 Å². The molecule has 0 saturated carbocycles. The number of nitrogens with one attached hydrogen (secondary N) is 1. The molecule has 0 spiro atoms. The third-order valence-corrected chi connectivity index (χ3v) is 6.32. The first-order chi connectivity index (χ1) is 10.2. The summed E-state index contributed by atoms with van der Waals surface area (Å²) in [7, 11) is 0. The van der Waals surface area contributed by atoms with Gasteiger partial charge in [-0.3, -0.25) is 4.79 Å². The van der Waals surface area contributed by atoms with Gasteiger partial charge in [-0.2, -0.15) is 11.8 Å². The van der Waals surface area contributed by atoms with Gasteiger partial charge in [0.15, 0.2) is 5.13 Å². The Morgan fingerprint density at radius 2 is 2.10 bits per heavy atom. The van der Waals surface area contributed by atoms with E-state index >= 15 is 0 Å². The minimum atomic E-state index is -0.0549. The van der Waals surface area contributed by atoms with Crippen molar-refractivity contribution in [3.63, 3.8) is 0 Å². The second-order valence-corrected chi connectivity index (χ2v) is 7.77. The van der Waals surface area contributed by atoms with Gasteiger partial charge in [0.25, 0.3) is 5.91 Å². The molecule has 7 heteroatoms. The summed E-state index contributed by atoms with van der Waals surface area (Å²) in [4.78, 5) is 19.6. The molecule has 0 aromatic carbocycles. The highest BCUT2D eigenvalue weighted by Gasteiger charge is 2.23. The Hall–Kier alpha value is -0.950. The van der Waals surface area contributed by atoms with E-state index in [1.807, 2.05) is 11.8 Å². The number of hydrogen-bond donors (Lipinski definition) is 2. The molecule has 0 aliphatic carbocycles. The Morgan fingerprint density at radius 3 is 2.81 bits per heavy atom. The monoisotopic (exact) mass is 326 g/mol. The Kier molecular flexibility index (Phi) is 4.90. The third-order valence-electron chi connectivity index (χ3n) is 3.97. The maximum Gasteiger partial charge on any atom is 0.265 e. The topological polar surface area (TPSA) is 71.2 Å². The van der Waals surface area contributed by atoms with E-state index in [-0.39, 0.29) is 11.9 Å². The van der Waals surface area contributed by atoms with Crippen LogP contribution in [0.25, 0.3) is 0 Å². The van der Waals surface area contributed by atoms with Gasteiger partial charge in [0.1, 0.15) is 10.7 Å². The van der Waals surface area contributed by atoms with Crippen molar-refractivity contribution < 1.29 is 4.79 Å². The highest BCUT2D eigenvalue weighted by atomic mass is 32.2. The summed E-state index contributed by atoms with van der Waals surface area (Å²) < 4.78 is 0. The van der Waals surface area contributed by atoms with Crippen LogP contribution >= 0.6 is 23.1 Å². The van der Waals surface area contributed by atoms with Crippen LogP contribution in [0.2, 0.25) is 0 Å². The largest absolute Gasteiger partial charge is 0.382 e. The van der Waals surface area contributed by atoms with Crippen LogP contribution in [-0.4, -0.2) is 41.5 Å². The van der Waals surface area contributed by atoms with E-state index < -0.39 is 0 Å². The van der Waals surface area contributed by atoms with Gasteiger partial charge in [0.2, 0.25) is 0 Å². The molecule has 116 valence electrons. The van der Waals surface area contributed by atoms with Gasteiger partial charge >= 0.3 is 0 Å². The molecule has 0 radical (unpaired) electrons. The predicted molar refractivity (Wildman–Crippen MR) is 90.4 cm³/mol. The summed E-state index contributed by atoms with van der Waals surface area (Å²) in [5, 5.41) is 4.00. The lowest BCUT2D eigenvalue weighted by molar-refractivity contribution is 0.0943. The van der Waals surface area contributed by atoms with Crippen LogP contribution in [0.4, 0.5) is 10.9 Å². The summed E-state index contributed by atoms with van der Waals surface area (Å²) >= 11 is 3.34. The number of nitrogens with two attached hydrogens (primary N) is 1. The molecule has 1 unspecified atom stereocenters. The number of carbonyl (C=O) groups excluding carboxylic acids is 1. The first-order valence-corrected chi connectivity index (χ1v) is 9.61. The summed E-state index contributed by atoms with van der Waals surface area (Å²) in [6, 6.07) is 0.274. The second kappa shape index (κ2) is 6.87. The van der Waals surface area contributed by atoms with Crippen molar-refractivity contribution in [1.82, 2.24) is 10.3 Å². The quantitative estimate of drug-likeness (QED) is 0.892. The van der Waals surface area contributed by atoms with E-state index in [4.69, 9.17) is 5.73 Å². The van der Waals surface area contributed by atoms with Crippen LogP contribution in [0.15, 0.2) is 0 Å². The molecule has 3 N–H and O–H groups in total. The number of nitrogens with zero attached hydrogens (tertiary/aromatic N) is 2. The number of carbonyl (C=O) groups is 1. The summed E-state index contributed by atoms with van der Waals surface area (Å²) in [5.74, 6) is 2.53. The maximum atomic E-state index is 12.4. The number of piperidine rings is 1. The van der Waals surface area contributed by atoms with Crippen LogP contribution in [0.5, 0.6) is 0 Å². The van der Waals surface area contributed by atoms with E-state index in [9.17, 15) is 4.79 Å². The smallest absolute Gasteiger partial charge is 0.265 e. The number of thiazole rings is 1. The zero-order valence-corrected chi connectivity index (χ0v) is 13.8. The fraction of sp³-hybridized carbons (Fsp3) is 0.714. The molecule has 2 saturated heterocycles. The molecule has 21 heavy (non-hydrogen) atoms. The lowest BCUT2D eigenvalue weighted by Gasteiger charge is -2.25. The van der Waals surface area contributed by atoms with E-state index in [0.717, 1.165) is 30.4 Å². The normalized spacial score (nSPS) is 23.0. The van der Waals surface area contributed by atoms with Gasteiger partial charge in [-0.15, -0.1) is 0 Å². The van der Waals surface area contributed by atoms with E-state index in [0.29, 0.717) is 10.7 Å². The summed E-state index contributed by atoms with van der Waals surface area (Å²) in [6.45, 7) is 2.04. The fourth-order valence-electron chi connectivity index (χ4n) is 2.81. The molecule has 5 nitrogen and oxygen atoms in total. The zero-order valence-electron chi connectivity index (χ0n) is 12.1. The van der Waals surface area contributed by atoms with Crippen molar-refractivity contribution >= 4 is 40.0 Å². The number of aromatic nitrogens is 1. The lowest BCUT2D eigenvalue weighted by atomic mass is 10.1. The zero-order chi connectivity index (χ0) is 14.7. The Labute approximate surface area is 133 Å². The van der Waals surface area contributed by atoms with Crippen LogP contribution in [0.1, 0.15) is 41.8 Å². The van der Waals surface area contributed by atoms with E-state index in [1.54, 1.807) is 0 Å². The van der Waals surface area contributed by atoms with Gasteiger partial charge in [0, 0.05) is 24.9 Å². The minimum Gasteiger partial charge on any atom is -0.382 e. The van der Waals surface area contributed by atoms with Gasteiger partial charge in [-0.25, -0.2) is 4.98 Å². The fourth-order valence-corrected chi connectivity index (χ4v) is 4.82. The second-order valence-electron chi connectivity index (χ2n) is 5.65. The van der Waals surface area contributed by atoms with E-state index in [1.165, 1.54) is 42.8 Å². The maximum absolute atomic E-state index is 12.4. The number of amides is 1. The van der Waals surface area contributed by atoms with E-state index in [2.05, 4.69) is 15.2 Å². The molecular weight excluding hydrogens is 304 g/mol. The summed E-state index contributed by atoms with van der Waals surface area (Å²) in [6.07, 6.45) is 5.91. The first kappa shape index (κ1) is 15.0. The van der Waals surface area contributed by atoms with Gasteiger partial charge in [-0.05, 0) is 37.9 Å². The lowest BCUT2D eigenvalue weighted by Crippen LogP contribution is -2.38. The van der Waals surface area contributed by atoms with Crippen LogP contribution in [0.3, 0.4) is 0 Å². The van der Waals surface area contributed by atoms with Crippen molar-refractivity contribution in [2.45, 2.75) is 38.1 Å². The number of rotatable bonds is 3. The van der Waals surface area contributed by atoms with Gasteiger partial charge in [0.05, 0.1) is 0 Å². The van der Waals surface area contributed by atoms with Crippen LogP contribution in [-0.2, 0) is 0 Å². The van der Waals surface area contributed by atoms with Crippen molar-refractivity contribution in [3.8, 4) is 0 Å². The van der Waals surface area contributed by atoms with Crippen molar-refractivity contribution in [2.75, 3.05) is 35.2 Å². The standard InChI is InChI=1S/C14H22N4OS2/c15-12-11(13(19)16-10-5-4-8-20-9-10)21-14(17-12)18-6-2-1-3-7-18/h10H,1-9,15H2,(H,16,19). The molecule has 2 aliphatic rings. The number of nitrogen functional groups attached to an aromatic ring is 1. The minimum absolute atomic E-state index is 0.0549. The number of hydrogen-bond acceptors (Lipinski definition) is 6. The Morgan fingerprint density at radius 1 is 1.29 bits per heavy atom. The molecule has 3 rings (SSSR count). The van der Waals surface area contributed by atoms with Crippen LogP contribution < -0.4 is 16.0 Å². The number of thioether (sulfide) groups is 1. The van der Waals surface area contributed by atoms with Crippen molar-refractivity contribution in [1.29, 1.82) is 0 Å². The molecule has 1 aromatic rings. The molecule has 1 amide bonds. The Balaban J connectivity index is 1.66. The average Bonchev–Trinajstić information content (AvgIpc) is 2.91. The first-order valence-electron chi connectivity index (χ1n) is 7.64. The van der Waals surface area contributed by atoms with Crippen LogP contribution in [0, 0.1) is 0 Å². The van der Waals surface area contributed by atoms with Gasteiger partial charge in [-0.1, -0.05) is 11.3 Å². The summed E-state index contributed by atoms with van der Waals surface area (Å²) in [5.41, 5.74) is 5.96. The highest BCUT2D eigenvalue weighted by Crippen LogP contribution is 2.30. The molecular formula is C14H22N4OS2.